The van der Waals surface area contributed by atoms with Crippen LogP contribution in [0, 0.1) is 0 Å². The van der Waals surface area contributed by atoms with Gasteiger partial charge in [0.25, 0.3) is 5.56 Å². The van der Waals surface area contributed by atoms with Gasteiger partial charge < -0.3 is 10.1 Å². The first-order valence-electron chi connectivity index (χ1n) is 8.42. The molecule has 1 aromatic heterocycles. The van der Waals surface area contributed by atoms with Gasteiger partial charge in [-0.2, -0.15) is 0 Å². The number of aromatic nitrogens is 2. The molecular formula is C20H14N2O5. The predicted octanol–water partition coefficient (Wildman–Crippen LogP) is 2.28. The third kappa shape index (κ3) is 2.39. The molecule has 1 unspecified atom stereocenters. The van der Waals surface area contributed by atoms with Crippen molar-refractivity contribution in [2.45, 2.75) is 19.3 Å². The lowest BCUT2D eigenvalue weighted by molar-refractivity contribution is -0.139. The number of ketones is 2. The molecule has 0 radical (unpaired) electrons. The molecule has 0 aliphatic heterocycles. The first kappa shape index (κ1) is 16.8. The fourth-order valence-corrected chi connectivity index (χ4v) is 3.47. The van der Waals surface area contributed by atoms with Crippen LogP contribution in [0.3, 0.4) is 0 Å². The third-order valence-corrected chi connectivity index (χ3v) is 4.82. The minimum atomic E-state index is -1.15. The number of hydrogen-bond donors (Lipinski definition) is 2. The molecule has 0 fully saturated rings. The van der Waals surface area contributed by atoms with Crippen molar-refractivity contribution in [2.75, 3.05) is 0 Å². The Morgan fingerprint density at radius 2 is 1.70 bits per heavy atom. The van der Waals surface area contributed by atoms with Gasteiger partial charge in [0.15, 0.2) is 11.6 Å². The number of carboxylic acid groups (broad SMARTS) is 1. The van der Waals surface area contributed by atoms with Crippen molar-refractivity contribution >= 4 is 28.6 Å². The number of hydrogen-bond acceptors (Lipinski definition) is 5. The summed E-state index contributed by atoms with van der Waals surface area (Å²) in [4.78, 5) is 56.4. The second kappa shape index (κ2) is 5.98. The summed E-state index contributed by atoms with van der Waals surface area (Å²) in [7, 11) is 0. The third-order valence-electron chi connectivity index (χ3n) is 4.82. The van der Waals surface area contributed by atoms with Crippen molar-refractivity contribution in [3.63, 3.8) is 0 Å². The number of H-pyrrole nitrogens is 1. The standard InChI is InChI=1S/C20H14N2O5/c1-2-9(20(26)27)15-19(25)22-16-13(21-15)8-7-12-14(16)18(24)11-6-4-3-5-10(11)17(12)23/h3-9H,2H2,1H3,(H,22,25)(H,26,27). The highest BCUT2D eigenvalue weighted by Gasteiger charge is 2.32. The van der Waals surface area contributed by atoms with E-state index < -0.39 is 17.4 Å². The van der Waals surface area contributed by atoms with E-state index >= 15 is 0 Å². The summed E-state index contributed by atoms with van der Waals surface area (Å²) in [5.41, 5.74) is 0.495. The van der Waals surface area contributed by atoms with E-state index in [2.05, 4.69) is 9.97 Å². The SMILES string of the molecule is CCC(C(=O)O)c1nc2ccc3c(c2[nH]c1=O)C(=O)c1ccccc1C3=O. The largest absolute Gasteiger partial charge is 0.481 e. The molecule has 27 heavy (non-hydrogen) atoms. The molecule has 0 saturated heterocycles. The lowest BCUT2D eigenvalue weighted by Crippen LogP contribution is -2.26. The molecule has 7 nitrogen and oxygen atoms in total. The molecule has 0 amide bonds. The molecule has 1 heterocycles. The zero-order chi connectivity index (χ0) is 19.3. The average molecular weight is 362 g/mol. The van der Waals surface area contributed by atoms with Crippen molar-refractivity contribution in [1.29, 1.82) is 0 Å². The summed E-state index contributed by atoms with van der Waals surface area (Å²) >= 11 is 0. The second-order valence-electron chi connectivity index (χ2n) is 6.34. The number of nitrogens with zero attached hydrogens (tertiary/aromatic N) is 1. The molecule has 4 rings (SSSR count). The normalized spacial score (nSPS) is 14.0. The van der Waals surface area contributed by atoms with Crippen LogP contribution in [-0.2, 0) is 4.79 Å². The van der Waals surface area contributed by atoms with Gasteiger partial charge in [-0.1, -0.05) is 31.2 Å². The van der Waals surface area contributed by atoms with Crippen LogP contribution in [-0.4, -0.2) is 32.6 Å². The minimum Gasteiger partial charge on any atom is -0.481 e. The van der Waals surface area contributed by atoms with Crippen LogP contribution < -0.4 is 5.56 Å². The number of rotatable bonds is 3. The Labute approximate surface area is 152 Å². The van der Waals surface area contributed by atoms with Gasteiger partial charge in [0, 0.05) is 16.7 Å². The van der Waals surface area contributed by atoms with Crippen LogP contribution >= 0.6 is 0 Å². The maximum atomic E-state index is 13.0. The van der Waals surface area contributed by atoms with E-state index in [1.54, 1.807) is 31.2 Å². The Hall–Kier alpha value is -3.61. The number of fused-ring (bicyclic) bond motifs is 4. The van der Waals surface area contributed by atoms with Gasteiger partial charge >= 0.3 is 5.97 Å². The Balaban J connectivity index is 2.01. The van der Waals surface area contributed by atoms with Gasteiger partial charge in [-0.15, -0.1) is 0 Å². The predicted molar refractivity (Wildman–Crippen MR) is 96.3 cm³/mol. The van der Waals surface area contributed by atoms with Crippen molar-refractivity contribution < 1.29 is 19.5 Å². The van der Waals surface area contributed by atoms with Crippen molar-refractivity contribution in [3.8, 4) is 0 Å². The molecule has 1 aliphatic rings. The van der Waals surface area contributed by atoms with Crippen LogP contribution in [0.4, 0.5) is 0 Å². The number of benzene rings is 2. The summed E-state index contributed by atoms with van der Waals surface area (Å²) in [5.74, 6) is -2.87. The highest BCUT2D eigenvalue weighted by molar-refractivity contribution is 6.31. The Bertz CT molecular complexity index is 1210. The molecule has 1 atom stereocenters. The number of carbonyl (C=O) groups excluding carboxylic acids is 2. The highest BCUT2D eigenvalue weighted by Crippen LogP contribution is 2.31. The quantitative estimate of drug-likeness (QED) is 0.577. The number of aromatic amines is 1. The van der Waals surface area contributed by atoms with Gasteiger partial charge in [0.2, 0.25) is 0 Å². The number of aliphatic carboxylic acids is 1. The number of nitrogens with one attached hydrogen (secondary N) is 1. The maximum absolute atomic E-state index is 13.0. The molecular weight excluding hydrogens is 348 g/mol. The number of carbonyl (C=O) groups is 3. The average Bonchev–Trinajstić information content (AvgIpc) is 2.66. The molecule has 0 spiro atoms. The first-order chi connectivity index (χ1) is 12.9. The van der Waals surface area contributed by atoms with Gasteiger partial charge in [0.1, 0.15) is 11.6 Å². The maximum Gasteiger partial charge on any atom is 0.312 e. The van der Waals surface area contributed by atoms with Crippen LogP contribution in [0.15, 0.2) is 41.2 Å². The van der Waals surface area contributed by atoms with Crippen molar-refractivity contribution in [1.82, 2.24) is 9.97 Å². The fraction of sp³-hybridized carbons (Fsp3) is 0.150. The van der Waals surface area contributed by atoms with Gasteiger partial charge in [-0.3, -0.25) is 19.2 Å². The van der Waals surface area contributed by atoms with Gasteiger partial charge in [0.05, 0.1) is 16.6 Å². The Morgan fingerprint density at radius 3 is 2.33 bits per heavy atom. The second-order valence-corrected chi connectivity index (χ2v) is 6.34. The van der Waals surface area contributed by atoms with E-state index in [0.717, 1.165) is 0 Å². The molecule has 2 aromatic carbocycles. The summed E-state index contributed by atoms with van der Waals surface area (Å²) in [5, 5.41) is 9.31. The topological polar surface area (TPSA) is 117 Å². The zero-order valence-corrected chi connectivity index (χ0v) is 14.3. The summed E-state index contributed by atoms with van der Waals surface area (Å²) in [6.07, 6.45) is 0.201. The summed E-state index contributed by atoms with van der Waals surface area (Å²) in [6, 6.07) is 9.51. The van der Waals surface area contributed by atoms with E-state index in [0.29, 0.717) is 5.56 Å². The van der Waals surface area contributed by atoms with E-state index in [9.17, 15) is 24.3 Å². The van der Waals surface area contributed by atoms with Gasteiger partial charge in [-0.25, -0.2) is 4.98 Å². The molecule has 7 heteroatoms. The van der Waals surface area contributed by atoms with Gasteiger partial charge in [-0.05, 0) is 18.6 Å². The molecule has 0 bridgehead atoms. The minimum absolute atomic E-state index is 0.0933. The molecule has 2 N–H and O–H groups in total. The summed E-state index contributed by atoms with van der Waals surface area (Å²) < 4.78 is 0. The first-order valence-corrected chi connectivity index (χ1v) is 8.42. The van der Waals surface area contributed by atoms with Crippen molar-refractivity contribution in [3.05, 3.63) is 74.7 Å². The number of carboxylic acids is 1. The van der Waals surface area contributed by atoms with Crippen molar-refractivity contribution in [2.24, 2.45) is 0 Å². The molecule has 134 valence electrons. The fourth-order valence-electron chi connectivity index (χ4n) is 3.47. The molecule has 0 saturated carbocycles. The van der Waals surface area contributed by atoms with Crippen LogP contribution in [0.25, 0.3) is 11.0 Å². The van der Waals surface area contributed by atoms with E-state index in [1.807, 2.05) is 0 Å². The van der Waals surface area contributed by atoms with Crippen LogP contribution in [0.2, 0.25) is 0 Å². The van der Waals surface area contributed by atoms with E-state index in [4.69, 9.17) is 0 Å². The van der Waals surface area contributed by atoms with Crippen LogP contribution in [0.1, 0.15) is 56.8 Å². The Kier molecular flexibility index (Phi) is 3.73. The zero-order valence-electron chi connectivity index (χ0n) is 14.3. The van der Waals surface area contributed by atoms with E-state index in [1.165, 1.54) is 12.1 Å². The lowest BCUT2D eigenvalue weighted by Gasteiger charge is -2.19. The smallest absolute Gasteiger partial charge is 0.312 e. The van der Waals surface area contributed by atoms with Crippen LogP contribution in [0.5, 0.6) is 0 Å². The monoisotopic (exact) mass is 362 g/mol. The summed E-state index contributed by atoms with van der Waals surface area (Å²) in [6.45, 7) is 1.65. The van der Waals surface area contributed by atoms with E-state index in [-0.39, 0.29) is 51.4 Å². The lowest BCUT2D eigenvalue weighted by atomic mass is 9.83. The molecule has 1 aliphatic carbocycles. The highest BCUT2D eigenvalue weighted by atomic mass is 16.4. The molecule has 3 aromatic rings. The Morgan fingerprint density at radius 1 is 1.04 bits per heavy atom.